The Morgan fingerprint density at radius 1 is 1.00 bits per heavy atom. The molecule has 19 heavy (non-hydrogen) atoms. The van der Waals surface area contributed by atoms with E-state index in [4.69, 9.17) is 9.47 Å². The number of hydrogen-bond donors (Lipinski definition) is 0. The summed E-state index contributed by atoms with van der Waals surface area (Å²) in [6.07, 6.45) is 2.93. The molecule has 0 amide bonds. The molecule has 0 saturated carbocycles. The lowest BCUT2D eigenvalue weighted by Crippen LogP contribution is -2.02. The monoisotopic (exact) mass is 254 g/mol. The van der Waals surface area contributed by atoms with Gasteiger partial charge in [0.05, 0.1) is 19.9 Å². The maximum atomic E-state index is 5.32. The molecule has 0 atom stereocenters. The van der Waals surface area contributed by atoms with Gasteiger partial charge in [0.1, 0.15) is 0 Å². The highest BCUT2D eigenvalue weighted by Crippen LogP contribution is 2.36. The third kappa shape index (κ3) is 1.95. The van der Waals surface area contributed by atoms with Crippen LogP contribution in [0.3, 0.4) is 0 Å². The second kappa shape index (κ2) is 4.72. The Morgan fingerprint density at radius 2 is 1.79 bits per heavy atom. The number of ether oxygens (including phenoxy) is 2. The lowest BCUT2D eigenvalue weighted by molar-refractivity contribution is 0.349. The van der Waals surface area contributed by atoms with Crippen LogP contribution in [0.15, 0.2) is 36.4 Å². The number of fused-ring (bicyclic) bond motifs is 1. The molecule has 3 rings (SSSR count). The van der Waals surface area contributed by atoms with Gasteiger partial charge in [-0.3, -0.25) is 0 Å². The van der Waals surface area contributed by atoms with E-state index in [1.807, 2.05) is 18.2 Å². The summed E-state index contributed by atoms with van der Waals surface area (Å²) in [5, 5.41) is 0. The molecule has 0 aliphatic heterocycles. The summed E-state index contributed by atoms with van der Waals surface area (Å²) in [6, 6.07) is 10.5. The van der Waals surface area contributed by atoms with Gasteiger partial charge in [0.2, 0.25) is 5.88 Å². The van der Waals surface area contributed by atoms with Crippen LogP contribution in [0.4, 0.5) is 0 Å². The Bertz CT molecular complexity index is 636. The zero-order chi connectivity index (χ0) is 13.2. The molecule has 0 bridgehead atoms. The lowest BCUT2D eigenvalue weighted by Gasteiger charge is -2.10. The Labute approximate surface area is 111 Å². The molecule has 0 spiro atoms. The van der Waals surface area contributed by atoms with E-state index in [1.165, 1.54) is 0 Å². The molecule has 1 heterocycles. The van der Waals surface area contributed by atoms with Crippen molar-refractivity contribution >= 4 is 5.57 Å². The molecule has 4 heteroatoms. The summed E-state index contributed by atoms with van der Waals surface area (Å²) >= 11 is 0. The molecule has 0 fully saturated rings. The Kier molecular flexibility index (Phi) is 2.91. The number of nitrogens with zero attached hydrogens (tertiary/aromatic N) is 2. The molecule has 1 aliphatic rings. The summed E-state index contributed by atoms with van der Waals surface area (Å²) < 4.78 is 10.5. The fraction of sp³-hybridized carbons (Fsp3) is 0.200. The molecule has 4 nitrogen and oxygen atoms in total. The van der Waals surface area contributed by atoms with Crippen molar-refractivity contribution in [1.82, 2.24) is 9.97 Å². The molecule has 1 aliphatic carbocycles. The Morgan fingerprint density at radius 3 is 2.47 bits per heavy atom. The Balaban J connectivity index is 2.13. The summed E-state index contributed by atoms with van der Waals surface area (Å²) in [7, 11) is 3.17. The van der Waals surface area contributed by atoms with Gasteiger partial charge < -0.3 is 9.47 Å². The summed E-state index contributed by atoms with van der Waals surface area (Å²) in [5.74, 6) is 0.587. The van der Waals surface area contributed by atoms with E-state index in [0.29, 0.717) is 11.9 Å². The van der Waals surface area contributed by atoms with Crippen LogP contribution in [-0.4, -0.2) is 24.2 Å². The van der Waals surface area contributed by atoms with Crippen molar-refractivity contribution in [2.24, 2.45) is 0 Å². The van der Waals surface area contributed by atoms with Crippen LogP contribution in [0.5, 0.6) is 11.9 Å². The second-order valence-electron chi connectivity index (χ2n) is 4.23. The molecule has 0 radical (unpaired) electrons. The number of methoxy groups -OCH3 is 2. The van der Waals surface area contributed by atoms with Crippen LogP contribution in [0, 0.1) is 0 Å². The van der Waals surface area contributed by atoms with Crippen molar-refractivity contribution in [2.75, 3.05) is 14.2 Å². The van der Waals surface area contributed by atoms with E-state index >= 15 is 0 Å². The minimum Gasteiger partial charge on any atom is -0.481 e. The zero-order valence-corrected chi connectivity index (χ0v) is 10.9. The van der Waals surface area contributed by atoms with Crippen LogP contribution in [0.1, 0.15) is 16.8 Å². The molecule has 0 saturated heterocycles. The summed E-state index contributed by atoms with van der Waals surface area (Å²) in [4.78, 5) is 8.68. The fourth-order valence-electron chi connectivity index (χ4n) is 2.28. The fourth-order valence-corrected chi connectivity index (χ4v) is 2.28. The normalized spacial score (nSPS) is 12.8. The number of benzene rings is 1. The van der Waals surface area contributed by atoms with Gasteiger partial charge in [-0.25, -0.2) is 0 Å². The second-order valence-corrected chi connectivity index (χ2v) is 4.23. The van der Waals surface area contributed by atoms with Crippen LogP contribution in [0.2, 0.25) is 0 Å². The van der Waals surface area contributed by atoms with Gasteiger partial charge in [0.25, 0.3) is 0 Å². The van der Waals surface area contributed by atoms with Crippen molar-refractivity contribution in [2.45, 2.75) is 6.42 Å². The number of rotatable bonds is 3. The smallest absolute Gasteiger partial charge is 0.320 e. The predicted octanol–water partition coefficient (Wildman–Crippen LogP) is 2.48. The molecule has 0 N–H and O–H groups in total. The van der Waals surface area contributed by atoms with Gasteiger partial charge in [-0.1, -0.05) is 36.4 Å². The van der Waals surface area contributed by atoms with E-state index in [2.05, 4.69) is 28.2 Å². The molecular formula is C15H14N2O2. The highest BCUT2D eigenvalue weighted by Gasteiger charge is 2.23. The maximum absolute atomic E-state index is 5.32. The number of hydrogen-bond acceptors (Lipinski definition) is 4. The lowest BCUT2D eigenvalue weighted by atomic mass is 10.0. The van der Waals surface area contributed by atoms with Crippen LogP contribution >= 0.6 is 0 Å². The van der Waals surface area contributed by atoms with Crippen LogP contribution < -0.4 is 9.47 Å². The third-order valence-corrected chi connectivity index (χ3v) is 3.17. The first kappa shape index (κ1) is 11.7. The van der Waals surface area contributed by atoms with Gasteiger partial charge in [-0.15, -0.1) is 0 Å². The van der Waals surface area contributed by atoms with Gasteiger partial charge in [0, 0.05) is 11.1 Å². The van der Waals surface area contributed by atoms with E-state index in [9.17, 15) is 0 Å². The van der Waals surface area contributed by atoms with E-state index < -0.39 is 0 Å². The molecule has 96 valence electrons. The highest BCUT2D eigenvalue weighted by atomic mass is 16.5. The van der Waals surface area contributed by atoms with Crippen LogP contribution in [0.25, 0.3) is 5.57 Å². The van der Waals surface area contributed by atoms with Gasteiger partial charge >= 0.3 is 6.01 Å². The summed E-state index contributed by atoms with van der Waals surface area (Å²) in [6.45, 7) is 0. The van der Waals surface area contributed by atoms with Crippen molar-refractivity contribution in [3.63, 3.8) is 0 Å². The van der Waals surface area contributed by atoms with Crippen molar-refractivity contribution in [1.29, 1.82) is 0 Å². The van der Waals surface area contributed by atoms with Gasteiger partial charge in [-0.05, 0) is 12.0 Å². The minimum absolute atomic E-state index is 0.333. The van der Waals surface area contributed by atoms with E-state index in [1.54, 1.807) is 14.2 Å². The van der Waals surface area contributed by atoms with Crippen molar-refractivity contribution in [3.05, 3.63) is 53.2 Å². The van der Waals surface area contributed by atoms with Crippen LogP contribution in [-0.2, 0) is 6.42 Å². The quantitative estimate of drug-likeness (QED) is 0.844. The molecule has 1 aromatic carbocycles. The first-order valence-electron chi connectivity index (χ1n) is 6.08. The largest absolute Gasteiger partial charge is 0.481 e. The first-order chi connectivity index (χ1) is 9.33. The van der Waals surface area contributed by atoms with E-state index in [-0.39, 0.29) is 0 Å². The minimum atomic E-state index is 0.333. The SMILES string of the molecule is COc1nc(OC)c2c(n1)C(c1ccccc1)=CC2. The van der Waals surface area contributed by atoms with Gasteiger partial charge in [-0.2, -0.15) is 9.97 Å². The molecule has 0 unspecified atom stereocenters. The molecule has 1 aromatic heterocycles. The van der Waals surface area contributed by atoms with Gasteiger partial charge in [0.15, 0.2) is 0 Å². The maximum Gasteiger partial charge on any atom is 0.320 e. The van der Waals surface area contributed by atoms with E-state index in [0.717, 1.165) is 28.8 Å². The molecule has 2 aromatic rings. The zero-order valence-electron chi connectivity index (χ0n) is 10.9. The number of allylic oxidation sites excluding steroid dienone is 1. The van der Waals surface area contributed by atoms with Crippen molar-refractivity contribution in [3.8, 4) is 11.9 Å². The average Bonchev–Trinajstić information content (AvgIpc) is 2.90. The third-order valence-electron chi connectivity index (χ3n) is 3.17. The Hall–Kier alpha value is -2.36. The predicted molar refractivity (Wildman–Crippen MR) is 72.4 cm³/mol. The highest BCUT2D eigenvalue weighted by molar-refractivity contribution is 5.83. The molecular weight excluding hydrogens is 240 g/mol. The summed E-state index contributed by atoms with van der Waals surface area (Å²) in [5.41, 5.74) is 4.16. The standard InChI is InChI=1S/C15H14N2O2/c1-18-14-12-9-8-11(10-6-4-3-5-7-10)13(12)16-15(17-14)19-2/h3-8H,9H2,1-2H3. The van der Waals surface area contributed by atoms with Crippen molar-refractivity contribution < 1.29 is 9.47 Å². The first-order valence-corrected chi connectivity index (χ1v) is 6.08. The average molecular weight is 254 g/mol. The topological polar surface area (TPSA) is 44.2 Å². The number of aromatic nitrogens is 2.